The average Bonchev–Trinajstić information content (AvgIpc) is 3.48. The predicted octanol–water partition coefficient (Wildman–Crippen LogP) is 4.05. The number of hydrogen-bond donors (Lipinski definition) is 1. The molecule has 0 unspecified atom stereocenters. The van der Waals surface area contributed by atoms with Crippen molar-refractivity contribution in [2.75, 3.05) is 42.7 Å². The largest absolute Gasteiger partial charge is 0.480 e. The van der Waals surface area contributed by atoms with Crippen LogP contribution in [0, 0.1) is 0 Å². The van der Waals surface area contributed by atoms with Crippen LogP contribution in [0.5, 0.6) is 5.88 Å². The van der Waals surface area contributed by atoms with Gasteiger partial charge in [0, 0.05) is 25.2 Å². The van der Waals surface area contributed by atoms with Crippen LogP contribution in [0.3, 0.4) is 0 Å². The van der Waals surface area contributed by atoms with Crippen molar-refractivity contribution in [1.82, 2.24) is 15.0 Å². The first-order chi connectivity index (χ1) is 20.3. The molecule has 4 aliphatic rings. The maximum atomic E-state index is 13.8. The summed E-state index contributed by atoms with van der Waals surface area (Å²) in [5.41, 5.74) is 1.75. The van der Waals surface area contributed by atoms with Crippen molar-refractivity contribution in [3.63, 3.8) is 0 Å². The van der Waals surface area contributed by atoms with Gasteiger partial charge in [0.15, 0.2) is 11.6 Å². The van der Waals surface area contributed by atoms with E-state index in [-0.39, 0.29) is 41.9 Å². The molecular weight excluding hydrogens is 552 g/mol. The zero-order chi connectivity index (χ0) is 29.0. The van der Waals surface area contributed by atoms with Crippen LogP contribution in [0.25, 0.3) is 11.5 Å². The molecule has 0 aromatic carbocycles. The summed E-state index contributed by atoms with van der Waals surface area (Å²) in [4.78, 5) is 28.7. The number of anilines is 2. The predicted molar refractivity (Wildman–Crippen MR) is 145 cm³/mol. The van der Waals surface area contributed by atoms with Gasteiger partial charge in [0.2, 0.25) is 5.88 Å². The Morgan fingerprint density at radius 2 is 2.05 bits per heavy atom. The third-order valence-corrected chi connectivity index (χ3v) is 8.67. The Kier molecular flexibility index (Phi) is 6.73. The number of morpholine rings is 1. The Morgan fingerprint density at radius 3 is 2.71 bits per heavy atom. The monoisotopic (exact) mass is 583 g/mol. The summed E-state index contributed by atoms with van der Waals surface area (Å²) in [7, 11) is 0. The van der Waals surface area contributed by atoms with Gasteiger partial charge in [0.25, 0.3) is 6.43 Å². The standard InChI is InChI=1S/C29H31F2N5O6/c1-16-29(14-39-15-29)41-8-6-35(16)21-9-18(17-4-5-17)12-32-27(21)42-19-10-22(28(37)38)36(13-19)24-11-20(23-3-2-7-40-23)33-26(34-24)25(30)31/h2-3,7,9,11-12,16-17,19,22,25H,4-6,8,10,13-15H2,1H3,(H,37,38)/t16-,19-,22-/m0/s1. The Balaban J connectivity index is 1.19. The van der Waals surface area contributed by atoms with E-state index in [4.69, 9.17) is 23.6 Å². The van der Waals surface area contributed by atoms with E-state index in [0.29, 0.717) is 38.2 Å². The normalized spacial score (nSPS) is 25.2. The van der Waals surface area contributed by atoms with E-state index in [1.54, 1.807) is 12.1 Å². The van der Waals surface area contributed by atoms with E-state index < -0.39 is 30.4 Å². The molecule has 1 N–H and O–H groups in total. The first kappa shape index (κ1) is 27.0. The molecule has 42 heavy (non-hydrogen) atoms. The van der Waals surface area contributed by atoms with Crippen molar-refractivity contribution < 1.29 is 37.3 Å². The molecule has 0 bridgehead atoms. The molecule has 3 atom stereocenters. The van der Waals surface area contributed by atoms with E-state index in [1.165, 1.54) is 17.2 Å². The zero-order valence-electron chi connectivity index (χ0n) is 23.0. The lowest BCUT2D eigenvalue weighted by Crippen LogP contribution is -2.68. The molecule has 1 spiro atoms. The molecule has 0 radical (unpaired) electrons. The summed E-state index contributed by atoms with van der Waals surface area (Å²) in [5, 5.41) is 10.1. The fourth-order valence-electron chi connectivity index (χ4n) is 6.07. The highest BCUT2D eigenvalue weighted by molar-refractivity contribution is 5.79. The number of furan rings is 1. The number of rotatable bonds is 8. The second kappa shape index (κ2) is 10.5. The molecule has 3 aromatic heterocycles. The van der Waals surface area contributed by atoms with Gasteiger partial charge in [-0.2, -0.15) is 0 Å². The molecule has 3 saturated heterocycles. The number of carbonyl (C=O) groups is 1. The highest BCUT2D eigenvalue weighted by Gasteiger charge is 2.50. The number of carboxylic acids is 1. The van der Waals surface area contributed by atoms with E-state index >= 15 is 0 Å². The van der Waals surface area contributed by atoms with E-state index in [9.17, 15) is 18.7 Å². The summed E-state index contributed by atoms with van der Waals surface area (Å²) in [6.45, 7) is 4.45. The van der Waals surface area contributed by atoms with Gasteiger partial charge in [-0.3, -0.25) is 0 Å². The van der Waals surface area contributed by atoms with Crippen molar-refractivity contribution in [3.05, 3.63) is 48.1 Å². The highest BCUT2D eigenvalue weighted by Crippen LogP contribution is 2.45. The van der Waals surface area contributed by atoms with E-state index in [1.807, 2.05) is 6.20 Å². The van der Waals surface area contributed by atoms with Crippen LogP contribution in [0.4, 0.5) is 20.3 Å². The number of aliphatic carboxylic acids is 1. The second-order valence-electron chi connectivity index (χ2n) is 11.4. The molecule has 3 aliphatic heterocycles. The molecule has 11 nitrogen and oxygen atoms in total. The average molecular weight is 584 g/mol. The number of alkyl halides is 2. The van der Waals surface area contributed by atoms with Crippen LogP contribution < -0.4 is 14.5 Å². The van der Waals surface area contributed by atoms with Crippen LogP contribution in [0.15, 0.2) is 41.1 Å². The quantitative estimate of drug-likeness (QED) is 0.413. The van der Waals surface area contributed by atoms with Crippen LogP contribution in [-0.2, 0) is 14.3 Å². The summed E-state index contributed by atoms with van der Waals surface area (Å²) < 4.78 is 51.0. The number of nitrogens with zero attached hydrogens (tertiary/aromatic N) is 5. The number of pyridine rings is 1. The Bertz CT molecular complexity index is 1460. The maximum absolute atomic E-state index is 13.8. The van der Waals surface area contributed by atoms with Crippen molar-refractivity contribution >= 4 is 17.5 Å². The summed E-state index contributed by atoms with van der Waals surface area (Å²) >= 11 is 0. The Hall–Kier alpha value is -3.84. The first-order valence-corrected chi connectivity index (χ1v) is 14.2. The molecule has 3 aromatic rings. The molecule has 1 aliphatic carbocycles. The van der Waals surface area contributed by atoms with Crippen LogP contribution in [0.2, 0.25) is 0 Å². The SMILES string of the molecule is C[C@@H]1N(c2cc(C3CC3)cnc2O[C@H]2C[C@@H](C(=O)O)N(c3cc(-c4ccco4)nc(C(F)F)n3)C2)CCOC12COC2. The van der Waals surface area contributed by atoms with Crippen molar-refractivity contribution in [1.29, 1.82) is 0 Å². The smallest absolute Gasteiger partial charge is 0.326 e. The third kappa shape index (κ3) is 4.83. The number of halogens is 2. The van der Waals surface area contributed by atoms with Gasteiger partial charge in [0.1, 0.15) is 34.9 Å². The van der Waals surface area contributed by atoms with Crippen molar-refractivity contribution in [3.8, 4) is 17.3 Å². The fraction of sp³-hybridized carbons (Fsp3) is 0.517. The highest BCUT2D eigenvalue weighted by atomic mass is 19.3. The molecule has 7 rings (SSSR count). The summed E-state index contributed by atoms with van der Waals surface area (Å²) in [6, 6.07) is 5.77. The lowest BCUT2D eigenvalue weighted by Gasteiger charge is -2.53. The minimum atomic E-state index is -2.95. The molecule has 222 valence electrons. The van der Waals surface area contributed by atoms with Gasteiger partial charge in [-0.05, 0) is 49.4 Å². The maximum Gasteiger partial charge on any atom is 0.326 e. The number of ether oxygens (including phenoxy) is 3. The zero-order valence-corrected chi connectivity index (χ0v) is 23.0. The second-order valence-corrected chi connectivity index (χ2v) is 11.4. The molecule has 13 heteroatoms. The van der Waals surface area contributed by atoms with Gasteiger partial charge in [0.05, 0.1) is 38.7 Å². The number of hydrogen-bond acceptors (Lipinski definition) is 10. The van der Waals surface area contributed by atoms with Gasteiger partial charge in [-0.15, -0.1) is 0 Å². The van der Waals surface area contributed by atoms with Crippen molar-refractivity contribution in [2.24, 2.45) is 0 Å². The molecule has 4 fully saturated rings. The number of aromatic nitrogens is 3. The van der Waals surface area contributed by atoms with Crippen LogP contribution >= 0.6 is 0 Å². The molecule has 1 saturated carbocycles. The first-order valence-electron chi connectivity index (χ1n) is 14.2. The molecule has 0 amide bonds. The molecule has 6 heterocycles. The van der Waals surface area contributed by atoms with Crippen LogP contribution in [0.1, 0.15) is 49.9 Å². The van der Waals surface area contributed by atoms with Crippen molar-refractivity contribution in [2.45, 2.75) is 62.3 Å². The Labute approximate surface area is 240 Å². The lowest BCUT2D eigenvalue weighted by atomic mass is 9.90. The van der Waals surface area contributed by atoms with E-state index in [0.717, 1.165) is 24.1 Å². The summed E-state index contributed by atoms with van der Waals surface area (Å²) in [5.74, 6) is -0.585. The minimum Gasteiger partial charge on any atom is -0.480 e. The lowest BCUT2D eigenvalue weighted by molar-refractivity contribution is -0.228. The van der Waals surface area contributed by atoms with Crippen LogP contribution in [-0.4, -0.2) is 82.7 Å². The van der Waals surface area contributed by atoms with Gasteiger partial charge in [-0.1, -0.05) is 0 Å². The molecular formula is C29H31F2N5O6. The number of carboxylic acid groups (broad SMARTS) is 1. The Morgan fingerprint density at radius 1 is 1.21 bits per heavy atom. The van der Waals surface area contributed by atoms with E-state index in [2.05, 4.69) is 27.9 Å². The third-order valence-electron chi connectivity index (χ3n) is 8.67. The van der Waals surface area contributed by atoms with Gasteiger partial charge < -0.3 is 33.5 Å². The van der Waals surface area contributed by atoms with Gasteiger partial charge >= 0.3 is 5.97 Å². The fourth-order valence-corrected chi connectivity index (χ4v) is 6.07. The minimum absolute atomic E-state index is 0.0132. The topological polar surface area (TPSA) is 123 Å². The summed E-state index contributed by atoms with van der Waals surface area (Å²) in [6.07, 6.45) is 2.06. The van der Waals surface area contributed by atoms with Gasteiger partial charge in [-0.25, -0.2) is 28.5 Å².